The molecule has 0 heterocycles. The van der Waals surface area contributed by atoms with Gasteiger partial charge in [-0.1, -0.05) is 107 Å². The monoisotopic (exact) mass is 468 g/mol. The second-order valence-corrected chi connectivity index (χ2v) is 14.1. The molecule has 4 nitrogen and oxygen atoms in total. The van der Waals surface area contributed by atoms with E-state index < -0.39 is 14.3 Å². The second kappa shape index (κ2) is 12.9. The van der Waals surface area contributed by atoms with Gasteiger partial charge in [0.15, 0.2) is 0 Å². The Balaban J connectivity index is 2.37. The van der Waals surface area contributed by atoms with E-state index in [2.05, 4.69) is 69.3 Å². The quantitative estimate of drug-likeness (QED) is 0.238. The van der Waals surface area contributed by atoms with Crippen LogP contribution >= 0.6 is 0 Å². The minimum atomic E-state index is -2.75. The molecule has 2 N–H and O–H groups in total. The van der Waals surface area contributed by atoms with Crippen LogP contribution in [0.25, 0.3) is 0 Å². The molecule has 2 rings (SSSR count). The molecule has 0 aliphatic heterocycles. The number of carboxylic acids is 1. The number of unbranched alkanes of at least 4 members (excludes halogenated alkanes) is 3. The topological polar surface area (TPSA) is 66.8 Å². The fourth-order valence-electron chi connectivity index (χ4n) is 4.44. The van der Waals surface area contributed by atoms with E-state index in [0.717, 1.165) is 38.5 Å². The van der Waals surface area contributed by atoms with E-state index in [1.165, 1.54) is 16.4 Å². The lowest BCUT2D eigenvalue weighted by Crippen LogP contribution is -2.67. The second-order valence-electron chi connectivity index (χ2n) is 9.86. The molecule has 2 atom stereocenters. The highest BCUT2D eigenvalue weighted by molar-refractivity contribution is 6.99. The molecule has 0 amide bonds. The van der Waals surface area contributed by atoms with Gasteiger partial charge in [0, 0.05) is 6.08 Å². The third-order valence-corrected chi connectivity index (χ3v) is 11.1. The van der Waals surface area contributed by atoms with Gasteiger partial charge in [-0.25, -0.2) is 4.79 Å². The van der Waals surface area contributed by atoms with Crippen molar-refractivity contribution in [3.05, 3.63) is 72.8 Å². The summed E-state index contributed by atoms with van der Waals surface area (Å²) in [5.74, 6) is -0.956. The molecule has 2 aromatic carbocycles. The van der Waals surface area contributed by atoms with Gasteiger partial charge in [-0.05, 0) is 41.3 Å². The summed E-state index contributed by atoms with van der Waals surface area (Å²) >= 11 is 0. The largest absolute Gasteiger partial charge is 0.478 e. The van der Waals surface area contributed by atoms with E-state index in [9.17, 15) is 15.0 Å². The smallest absolute Gasteiger partial charge is 0.328 e. The van der Waals surface area contributed by atoms with Crippen LogP contribution in [0.5, 0.6) is 0 Å². The van der Waals surface area contributed by atoms with E-state index in [1.807, 2.05) is 19.1 Å². The van der Waals surface area contributed by atoms with Gasteiger partial charge in [0.2, 0.25) is 0 Å². The Morgan fingerprint density at radius 2 is 1.39 bits per heavy atom. The standard InChI is InChI=1S/C28H40O4Si/c1-23(29)15-9-5-6-10-16-24(21-22-27(30)31)32-33(28(2,3)4,25-17-11-7-12-18-25)26-19-13-8-14-20-26/h7-8,11-14,17-24,29H,5-6,9-10,15-16H2,1-4H3,(H,30,31)/b22-21+/t23-,24-/m1/s1. The molecule has 0 saturated heterocycles. The van der Waals surface area contributed by atoms with Gasteiger partial charge in [-0.2, -0.15) is 0 Å². The molecular weight excluding hydrogens is 428 g/mol. The van der Waals surface area contributed by atoms with Crippen molar-refractivity contribution < 1.29 is 19.4 Å². The zero-order valence-electron chi connectivity index (χ0n) is 20.5. The Morgan fingerprint density at radius 1 is 0.909 bits per heavy atom. The number of benzene rings is 2. The molecule has 0 radical (unpaired) electrons. The van der Waals surface area contributed by atoms with Crippen LogP contribution in [0, 0.1) is 0 Å². The van der Waals surface area contributed by atoms with Crippen molar-refractivity contribution >= 4 is 24.7 Å². The summed E-state index contributed by atoms with van der Waals surface area (Å²) in [4.78, 5) is 11.3. The zero-order valence-corrected chi connectivity index (χ0v) is 21.5. The van der Waals surface area contributed by atoms with Gasteiger partial charge < -0.3 is 14.6 Å². The van der Waals surface area contributed by atoms with Crippen molar-refractivity contribution in [1.82, 2.24) is 0 Å². The summed E-state index contributed by atoms with van der Waals surface area (Å²) in [6.45, 7) is 8.51. The molecule has 0 saturated carbocycles. The summed E-state index contributed by atoms with van der Waals surface area (Å²) in [6, 6.07) is 20.9. The Morgan fingerprint density at radius 3 is 1.82 bits per heavy atom. The minimum absolute atomic E-state index is 0.164. The first-order chi connectivity index (χ1) is 15.7. The highest BCUT2D eigenvalue weighted by atomic mass is 28.4. The molecule has 2 aromatic rings. The first kappa shape index (κ1) is 27.0. The van der Waals surface area contributed by atoms with Crippen molar-refractivity contribution in [3.63, 3.8) is 0 Å². The number of hydrogen-bond acceptors (Lipinski definition) is 3. The van der Waals surface area contributed by atoms with Crippen LogP contribution in [0.2, 0.25) is 5.04 Å². The lowest BCUT2D eigenvalue weighted by molar-refractivity contribution is -0.131. The Kier molecular flexibility index (Phi) is 10.5. The molecule has 0 bridgehead atoms. The van der Waals surface area contributed by atoms with Crippen LogP contribution in [0.3, 0.4) is 0 Å². The van der Waals surface area contributed by atoms with Crippen LogP contribution in [0.15, 0.2) is 72.8 Å². The number of carboxylic acid groups (broad SMARTS) is 1. The van der Waals surface area contributed by atoms with E-state index in [1.54, 1.807) is 6.08 Å². The van der Waals surface area contributed by atoms with Gasteiger partial charge in [0.25, 0.3) is 8.32 Å². The van der Waals surface area contributed by atoms with Crippen LogP contribution in [0.4, 0.5) is 0 Å². The van der Waals surface area contributed by atoms with Gasteiger partial charge in [-0.15, -0.1) is 0 Å². The SMILES string of the molecule is C[C@@H](O)CCCCCC[C@H](/C=C/C(=O)O)O[Si](c1ccccc1)(c1ccccc1)C(C)(C)C. The van der Waals surface area contributed by atoms with Gasteiger partial charge in [-0.3, -0.25) is 0 Å². The fraction of sp³-hybridized carbons (Fsp3) is 0.464. The highest BCUT2D eigenvalue weighted by Gasteiger charge is 2.51. The molecule has 0 spiro atoms. The van der Waals surface area contributed by atoms with Crippen LogP contribution in [-0.2, 0) is 9.22 Å². The molecule has 180 valence electrons. The maximum Gasteiger partial charge on any atom is 0.328 e. The molecule has 0 aliphatic carbocycles. The lowest BCUT2D eigenvalue weighted by atomic mass is 10.1. The summed E-state index contributed by atoms with van der Waals surface area (Å²) in [7, 11) is -2.75. The predicted octanol–water partition coefficient (Wildman–Crippen LogP) is 5.29. The van der Waals surface area contributed by atoms with Crippen molar-refractivity contribution in [3.8, 4) is 0 Å². The van der Waals surface area contributed by atoms with Crippen molar-refractivity contribution in [2.75, 3.05) is 0 Å². The summed E-state index contributed by atoms with van der Waals surface area (Å²) in [5, 5.41) is 21.0. The summed E-state index contributed by atoms with van der Waals surface area (Å²) in [5.41, 5.74) is 0. The highest BCUT2D eigenvalue weighted by Crippen LogP contribution is 2.38. The van der Waals surface area contributed by atoms with Crippen LogP contribution < -0.4 is 10.4 Å². The fourth-order valence-corrected chi connectivity index (χ4v) is 9.11. The molecular formula is C28H40O4Si. The van der Waals surface area contributed by atoms with Crippen LogP contribution in [-0.4, -0.2) is 36.7 Å². The molecule has 33 heavy (non-hydrogen) atoms. The number of aliphatic carboxylic acids is 1. The number of aliphatic hydroxyl groups excluding tert-OH is 1. The number of carbonyl (C=O) groups is 1. The lowest BCUT2D eigenvalue weighted by Gasteiger charge is -2.44. The predicted molar refractivity (Wildman–Crippen MR) is 139 cm³/mol. The average Bonchev–Trinajstić information content (AvgIpc) is 2.77. The normalized spacial score (nSPS) is 14.3. The minimum Gasteiger partial charge on any atom is -0.478 e. The summed E-state index contributed by atoms with van der Waals surface area (Å²) in [6.07, 6.45) is 8.03. The van der Waals surface area contributed by atoms with Gasteiger partial charge in [0.1, 0.15) is 0 Å². The molecule has 5 heteroatoms. The number of hydrogen-bond donors (Lipinski definition) is 2. The first-order valence-electron chi connectivity index (χ1n) is 12.0. The van der Waals surface area contributed by atoms with Crippen LogP contribution in [0.1, 0.15) is 66.2 Å². The number of aliphatic hydroxyl groups is 1. The maximum atomic E-state index is 11.3. The van der Waals surface area contributed by atoms with Crippen molar-refractivity contribution in [2.24, 2.45) is 0 Å². The molecule has 0 aromatic heterocycles. The van der Waals surface area contributed by atoms with Gasteiger partial charge >= 0.3 is 5.97 Å². The van der Waals surface area contributed by atoms with E-state index >= 15 is 0 Å². The maximum absolute atomic E-state index is 11.3. The average molecular weight is 469 g/mol. The Labute approximate surface area is 200 Å². The Hall–Kier alpha value is -2.21. The first-order valence-corrected chi connectivity index (χ1v) is 14.0. The van der Waals surface area contributed by atoms with E-state index in [0.29, 0.717) is 0 Å². The molecule has 0 unspecified atom stereocenters. The van der Waals surface area contributed by atoms with E-state index in [-0.39, 0.29) is 17.2 Å². The van der Waals surface area contributed by atoms with Crippen molar-refractivity contribution in [2.45, 2.75) is 83.5 Å². The van der Waals surface area contributed by atoms with Gasteiger partial charge in [0.05, 0.1) is 12.2 Å². The molecule has 0 aliphatic rings. The Bertz CT molecular complexity index is 817. The third kappa shape index (κ3) is 7.95. The number of rotatable bonds is 13. The third-order valence-electron chi connectivity index (χ3n) is 6.06. The van der Waals surface area contributed by atoms with Crippen molar-refractivity contribution in [1.29, 1.82) is 0 Å². The zero-order chi connectivity index (χ0) is 24.3. The van der Waals surface area contributed by atoms with E-state index in [4.69, 9.17) is 4.43 Å². The summed E-state index contributed by atoms with van der Waals surface area (Å²) < 4.78 is 7.12. The molecule has 0 fully saturated rings.